The number of rotatable bonds is 8. The van der Waals surface area contributed by atoms with Gasteiger partial charge in [0.2, 0.25) is 0 Å². The van der Waals surface area contributed by atoms with E-state index in [-0.39, 0.29) is 17.5 Å². The van der Waals surface area contributed by atoms with Gasteiger partial charge in [-0.25, -0.2) is 9.79 Å². The van der Waals surface area contributed by atoms with Gasteiger partial charge in [-0.2, -0.15) is 0 Å². The van der Waals surface area contributed by atoms with Gasteiger partial charge in [0.1, 0.15) is 11.4 Å². The molecule has 1 aromatic rings. The van der Waals surface area contributed by atoms with E-state index in [1.807, 2.05) is 39.0 Å². The Morgan fingerprint density at radius 3 is 2.38 bits per heavy atom. The summed E-state index contributed by atoms with van der Waals surface area (Å²) in [6.07, 6.45) is 5.63. The predicted octanol–water partition coefficient (Wildman–Crippen LogP) is 2.88. The third-order valence-corrected chi connectivity index (χ3v) is 5.23. The Labute approximate surface area is 189 Å². The van der Waals surface area contributed by atoms with Crippen molar-refractivity contribution in [3.8, 4) is 0 Å². The molecule has 1 saturated carbocycles. The summed E-state index contributed by atoms with van der Waals surface area (Å²) in [6.45, 7) is 5.46. The Kier molecular flexibility index (Phi) is 8.40. The largest absolute Gasteiger partial charge is 0.444 e. The molecule has 0 spiro atoms. The SMILES string of the molecule is CC(C)(C)OC(=O)NC1CCC(CC=N)(N/C=C(/C(N)=O)C(N)=Nc2ccccc2)CC1. The molecule has 0 atom stereocenters. The van der Waals surface area contributed by atoms with Crippen LogP contribution in [0.1, 0.15) is 52.9 Å². The lowest BCUT2D eigenvalue weighted by atomic mass is 9.77. The van der Waals surface area contributed by atoms with Gasteiger partial charge in [0.15, 0.2) is 0 Å². The zero-order valence-corrected chi connectivity index (χ0v) is 19.0. The van der Waals surface area contributed by atoms with Crippen molar-refractivity contribution < 1.29 is 14.3 Å². The van der Waals surface area contributed by atoms with Gasteiger partial charge in [-0.15, -0.1) is 0 Å². The van der Waals surface area contributed by atoms with E-state index in [0.29, 0.717) is 37.8 Å². The van der Waals surface area contributed by atoms with E-state index in [1.165, 1.54) is 12.4 Å². The van der Waals surface area contributed by atoms with Crippen LogP contribution in [0.2, 0.25) is 0 Å². The van der Waals surface area contributed by atoms with Crippen LogP contribution in [0, 0.1) is 5.41 Å². The van der Waals surface area contributed by atoms with Crippen LogP contribution in [0.5, 0.6) is 0 Å². The van der Waals surface area contributed by atoms with Crippen molar-refractivity contribution in [2.75, 3.05) is 0 Å². The van der Waals surface area contributed by atoms with E-state index in [4.69, 9.17) is 21.6 Å². The predicted molar refractivity (Wildman–Crippen MR) is 126 cm³/mol. The number of nitrogens with two attached hydrogens (primary N) is 2. The van der Waals surface area contributed by atoms with Crippen LogP contribution in [0.4, 0.5) is 10.5 Å². The molecule has 174 valence electrons. The van der Waals surface area contributed by atoms with Crippen LogP contribution in [0.15, 0.2) is 47.1 Å². The molecule has 0 radical (unpaired) electrons. The molecule has 1 fully saturated rings. The van der Waals surface area contributed by atoms with E-state index in [9.17, 15) is 9.59 Å². The van der Waals surface area contributed by atoms with Crippen LogP contribution < -0.4 is 22.1 Å². The van der Waals surface area contributed by atoms with E-state index >= 15 is 0 Å². The second-order valence-corrected chi connectivity index (χ2v) is 9.01. The minimum atomic E-state index is -0.694. The van der Waals surface area contributed by atoms with E-state index < -0.39 is 23.1 Å². The average molecular weight is 443 g/mol. The number of aliphatic imine (C=N–C) groups is 1. The monoisotopic (exact) mass is 442 g/mol. The third-order valence-electron chi connectivity index (χ3n) is 5.23. The molecule has 0 unspecified atom stereocenters. The molecule has 0 bridgehead atoms. The maximum Gasteiger partial charge on any atom is 0.407 e. The molecule has 0 heterocycles. The molecule has 9 heteroatoms. The Bertz CT molecular complexity index is 865. The van der Waals surface area contributed by atoms with Crippen molar-refractivity contribution in [2.45, 2.75) is 70.1 Å². The topological polar surface area (TPSA) is 156 Å². The van der Waals surface area contributed by atoms with Gasteiger partial charge in [-0.05, 0) is 64.8 Å². The van der Waals surface area contributed by atoms with Gasteiger partial charge in [0.05, 0.1) is 11.3 Å². The van der Waals surface area contributed by atoms with Gasteiger partial charge in [0.25, 0.3) is 5.91 Å². The van der Waals surface area contributed by atoms with Crippen LogP contribution in [0.3, 0.4) is 0 Å². The van der Waals surface area contributed by atoms with Crippen molar-refractivity contribution in [3.05, 3.63) is 42.1 Å². The number of carbonyl (C=O) groups excluding carboxylic acids is 2. The number of primary amides is 1. The van der Waals surface area contributed by atoms with Crippen LogP contribution >= 0.6 is 0 Å². The molecule has 0 aliphatic heterocycles. The summed E-state index contributed by atoms with van der Waals surface area (Å²) in [6, 6.07) is 9.02. The molecule has 9 nitrogen and oxygen atoms in total. The molecule has 0 saturated heterocycles. The fraction of sp³-hybridized carbons (Fsp3) is 0.478. The van der Waals surface area contributed by atoms with Gasteiger partial charge in [-0.1, -0.05) is 18.2 Å². The molecule has 32 heavy (non-hydrogen) atoms. The normalized spacial score (nSPS) is 22.0. The fourth-order valence-corrected chi connectivity index (χ4v) is 3.59. The summed E-state index contributed by atoms with van der Waals surface area (Å²) in [5, 5.41) is 13.8. The highest BCUT2D eigenvalue weighted by atomic mass is 16.6. The average Bonchev–Trinajstić information content (AvgIpc) is 2.69. The third kappa shape index (κ3) is 7.72. The zero-order valence-electron chi connectivity index (χ0n) is 19.0. The van der Waals surface area contributed by atoms with Gasteiger partial charge in [-0.3, -0.25) is 4.79 Å². The number of ether oxygens (including phenoxy) is 1. The summed E-state index contributed by atoms with van der Waals surface area (Å²) in [7, 11) is 0. The highest BCUT2D eigenvalue weighted by Gasteiger charge is 2.35. The second-order valence-electron chi connectivity index (χ2n) is 9.01. The summed E-state index contributed by atoms with van der Waals surface area (Å²) < 4.78 is 5.33. The van der Waals surface area contributed by atoms with Crippen molar-refractivity contribution in [1.29, 1.82) is 5.41 Å². The number of benzene rings is 1. The lowest BCUT2D eigenvalue weighted by Crippen LogP contribution is -2.50. The van der Waals surface area contributed by atoms with E-state index in [1.54, 1.807) is 12.1 Å². The highest BCUT2D eigenvalue weighted by molar-refractivity contribution is 6.20. The Balaban J connectivity index is 2.09. The first kappa shape index (κ1) is 24.9. The van der Waals surface area contributed by atoms with Crippen molar-refractivity contribution in [2.24, 2.45) is 16.5 Å². The fourth-order valence-electron chi connectivity index (χ4n) is 3.59. The number of nitrogens with one attached hydrogen (secondary N) is 3. The molecule has 7 N–H and O–H groups in total. The number of para-hydroxylation sites is 1. The minimum absolute atomic E-state index is 0.0153. The lowest BCUT2D eigenvalue weighted by molar-refractivity contribution is -0.114. The first-order chi connectivity index (χ1) is 15.0. The number of hydrogen-bond acceptors (Lipinski definition) is 6. The molecule has 1 aliphatic carbocycles. The molecule has 0 aromatic heterocycles. The number of alkyl carbamates (subject to hydrolysis) is 1. The van der Waals surface area contributed by atoms with Gasteiger partial charge >= 0.3 is 6.09 Å². The van der Waals surface area contributed by atoms with Crippen molar-refractivity contribution >= 4 is 29.7 Å². The second kappa shape index (κ2) is 10.8. The number of amidine groups is 1. The maximum absolute atomic E-state index is 12.1. The Hall–Kier alpha value is -3.36. The molecule has 2 rings (SSSR count). The van der Waals surface area contributed by atoms with Crippen molar-refractivity contribution in [1.82, 2.24) is 10.6 Å². The molecular formula is C23H34N6O3. The molecular weight excluding hydrogens is 408 g/mol. The Morgan fingerprint density at radius 2 is 1.84 bits per heavy atom. The summed E-state index contributed by atoms with van der Waals surface area (Å²) in [4.78, 5) is 28.3. The standard InChI is InChI=1S/C23H34N6O3/c1-22(2,3)32-21(31)29-17-9-11-23(12-10-17,13-14-24)27-15-18(20(26)30)19(25)28-16-7-5-4-6-8-16/h4-8,14-15,17,24,27H,9-13H2,1-3H3,(H2,25,28)(H2,26,30)(H,29,31)/b18-15+,24-14?. The van der Waals surface area contributed by atoms with Crippen LogP contribution in [0.25, 0.3) is 0 Å². The first-order valence-electron chi connectivity index (χ1n) is 10.7. The number of hydrogen-bond donors (Lipinski definition) is 5. The van der Waals surface area contributed by atoms with Crippen molar-refractivity contribution in [3.63, 3.8) is 0 Å². The van der Waals surface area contributed by atoms with Gasteiger partial charge in [0, 0.05) is 24.2 Å². The molecule has 1 aliphatic rings. The summed E-state index contributed by atoms with van der Waals surface area (Å²) in [5.74, 6) is -0.679. The maximum atomic E-state index is 12.1. The van der Waals surface area contributed by atoms with Gasteiger partial charge < -0.3 is 32.2 Å². The van der Waals surface area contributed by atoms with Crippen LogP contribution in [-0.2, 0) is 9.53 Å². The summed E-state index contributed by atoms with van der Waals surface area (Å²) >= 11 is 0. The number of carbonyl (C=O) groups is 2. The Morgan fingerprint density at radius 1 is 1.22 bits per heavy atom. The lowest BCUT2D eigenvalue weighted by Gasteiger charge is -2.40. The number of nitrogens with zero attached hydrogens (tertiary/aromatic N) is 1. The first-order valence-corrected chi connectivity index (χ1v) is 10.7. The molecule has 2 amide bonds. The minimum Gasteiger partial charge on any atom is -0.444 e. The highest BCUT2D eigenvalue weighted by Crippen LogP contribution is 2.31. The van der Waals surface area contributed by atoms with Crippen LogP contribution in [-0.4, -0.2) is 41.2 Å². The quantitative estimate of drug-likeness (QED) is 0.238. The van der Waals surface area contributed by atoms with E-state index in [0.717, 1.165) is 0 Å². The summed E-state index contributed by atoms with van der Waals surface area (Å²) in [5.41, 5.74) is 11.3. The number of amides is 2. The van der Waals surface area contributed by atoms with E-state index in [2.05, 4.69) is 15.6 Å². The molecule has 1 aromatic carbocycles. The smallest absolute Gasteiger partial charge is 0.407 e. The zero-order chi connectivity index (χ0) is 23.8.